The summed E-state index contributed by atoms with van der Waals surface area (Å²) < 4.78 is 0. The molecule has 21 heavy (non-hydrogen) atoms. The third-order valence-electron chi connectivity index (χ3n) is 3.30. The molecule has 2 amide bonds. The van der Waals surface area contributed by atoms with Crippen molar-refractivity contribution in [3.05, 3.63) is 40.6 Å². The molecule has 6 nitrogen and oxygen atoms in total. The Labute approximate surface area is 125 Å². The van der Waals surface area contributed by atoms with Gasteiger partial charge in [-0.1, -0.05) is 0 Å². The van der Waals surface area contributed by atoms with Crippen molar-refractivity contribution in [1.82, 2.24) is 14.9 Å². The minimum Gasteiger partial charge on any atom is -0.338 e. The number of nitrogens with one attached hydrogen (secondary N) is 1. The first-order chi connectivity index (χ1) is 10.3. The van der Waals surface area contributed by atoms with Crippen molar-refractivity contribution in [2.75, 3.05) is 18.4 Å². The van der Waals surface area contributed by atoms with Crippen molar-refractivity contribution in [2.24, 2.45) is 0 Å². The van der Waals surface area contributed by atoms with Crippen LogP contribution in [-0.2, 0) is 0 Å². The second-order valence-corrected chi connectivity index (χ2v) is 5.62. The summed E-state index contributed by atoms with van der Waals surface area (Å²) in [7, 11) is 0. The molecule has 1 saturated heterocycles. The van der Waals surface area contributed by atoms with Gasteiger partial charge in [-0.2, -0.15) is 0 Å². The average Bonchev–Trinajstić information content (AvgIpc) is 3.19. The van der Waals surface area contributed by atoms with Crippen LogP contribution in [0.15, 0.2) is 30.0 Å². The molecular weight excluding hydrogens is 288 g/mol. The lowest BCUT2D eigenvalue weighted by Gasteiger charge is -2.15. The van der Waals surface area contributed by atoms with E-state index in [2.05, 4.69) is 15.3 Å². The van der Waals surface area contributed by atoms with E-state index in [0.29, 0.717) is 10.6 Å². The first kappa shape index (κ1) is 13.7. The number of amides is 2. The van der Waals surface area contributed by atoms with Crippen LogP contribution in [0.1, 0.15) is 33.0 Å². The Balaban J connectivity index is 1.76. The van der Waals surface area contributed by atoms with Crippen LogP contribution < -0.4 is 5.32 Å². The van der Waals surface area contributed by atoms with Gasteiger partial charge in [0, 0.05) is 25.5 Å². The molecule has 3 heterocycles. The fraction of sp³-hybridized carbons (Fsp3) is 0.286. The molecule has 0 unspecified atom stereocenters. The van der Waals surface area contributed by atoms with Gasteiger partial charge in [0.2, 0.25) is 0 Å². The lowest BCUT2D eigenvalue weighted by molar-refractivity contribution is 0.0798. The maximum atomic E-state index is 12.4. The van der Waals surface area contributed by atoms with Crippen LogP contribution in [0.3, 0.4) is 0 Å². The first-order valence-corrected chi connectivity index (χ1v) is 7.58. The summed E-state index contributed by atoms with van der Waals surface area (Å²) in [5.74, 6) is -0.381. The zero-order valence-corrected chi connectivity index (χ0v) is 12.1. The molecule has 0 spiro atoms. The SMILES string of the molecule is O=C(Nc1ccsc1C(=O)N1CCCC1)c1cnccn1. The molecule has 1 aliphatic heterocycles. The van der Waals surface area contributed by atoms with Gasteiger partial charge in [-0.15, -0.1) is 11.3 Å². The van der Waals surface area contributed by atoms with Crippen molar-refractivity contribution < 1.29 is 9.59 Å². The Morgan fingerprint density at radius 1 is 1.24 bits per heavy atom. The smallest absolute Gasteiger partial charge is 0.275 e. The number of likely N-dealkylation sites (tertiary alicyclic amines) is 1. The van der Waals surface area contributed by atoms with Crippen LogP contribution in [0.4, 0.5) is 5.69 Å². The van der Waals surface area contributed by atoms with E-state index < -0.39 is 0 Å². The van der Waals surface area contributed by atoms with E-state index in [9.17, 15) is 9.59 Å². The minimum absolute atomic E-state index is 0.0167. The fourth-order valence-electron chi connectivity index (χ4n) is 2.24. The number of hydrogen-bond donors (Lipinski definition) is 1. The molecule has 7 heteroatoms. The van der Waals surface area contributed by atoms with Gasteiger partial charge < -0.3 is 10.2 Å². The Morgan fingerprint density at radius 3 is 2.76 bits per heavy atom. The highest BCUT2D eigenvalue weighted by molar-refractivity contribution is 7.12. The number of anilines is 1. The van der Waals surface area contributed by atoms with Crippen LogP contribution in [0.2, 0.25) is 0 Å². The average molecular weight is 302 g/mol. The maximum absolute atomic E-state index is 12.4. The molecule has 2 aromatic heterocycles. The predicted molar refractivity (Wildman–Crippen MR) is 79.4 cm³/mol. The summed E-state index contributed by atoms with van der Waals surface area (Å²) in [5, 5.41) is 4.53. The van der Waals surface area contributed by atoms with E-state index in [4.69, 9.17) is 0 Å². The highest BCUT2D eigenvalue weighted by atomic mass is 32.1. The highest BCUT2D eigenvalue weighted by Crippen LogP contribution is 2.26. The zero-order valence-electron chi connectivity index (χ0n) is 11.3. The van der Waals surface area contributed by atoms with Crippen molar-refractivity contribution >= 4 is 28.8 Å². The van der Waals surface area contributed by atoms with E-state index in [0.717, 1.165) is 25.9 Å². The summed E-state index contributed by atoms with van der Waals surface area (Å²) in [6.45, 7) is 1.57. The topological polar surface area (TPSA) is 75.2 Å². The largest absolute Gasteiger partial charge is 0.338 e. The molecular formula is C14H14N4O2S. The zero-order chi connectivity index (χ0) is 14.7. The van der Waals surface area contributed by atoms with Crippen molar-refractivity contribution in [1.29, 1.82) is 0 Å². The lowest BCUT2D eigenvalue weighted by Crippen LogP contribution is -2.28. The summed E-state index contributed by atoms with van der Waals surface area (Å²) in [5.41, 5.74) is 0.760. The molecule has 1 N–H and O–H groups in total. The lowest BCUT2D eigenvalue weighted by atomic mass is 10.3. The second kappa shape index (κ2) is 6.01. The molecule has 108 valence electrons. The standard InChI is InChI=1S/C14H14N4O2S/c19-13(11-9-15-4-5-16-11)17-10-3-8-21-12(10)14(20)18-6-1-2-7-18/h3-5,8-9H,1-2,6-7H2,(H,17,19). The van der Waals surface area contributed by atoms with Crippen molar-refractivity contribution in [3.8, 4) is 0 Å². The van der Waals surface area contributed by atoms with Crippen LogP contribution in [0, 0.1) is 0 Å². The van der Waals surface area contributed by atoms with Gasteiger partial charge in [0.05, 0.1) is 11.9 Å². The number of aromatic nitrogens is 2. The van der Waals surface area contributed by atoms with Gasteiger partial charge in [0.25, 0.3) is 11.8 Å². The van der Waals surface area contributed by atoms with E-state index >= 15 is 0 Å². The van der Waals surface area contributed by atoms with E-state index in [1.54, 1.807) is 11.4 Å². The summed E-state index contributed by atoms with van der Waals surface area (Å²) >= 11 is 1.34. The number of carbonyl (C=O) groups excluding carboxylic acids is 2. The Bertz CT molecular complexity index is 650. The summed E-state index contributed by atoms with van der Waals surface area (Å²) in [6, 6.07) is 1.74. The first-order valence-electron chi connectivity index (χ1n) is 6.70. The molecule has 0 saturated carbocycles. The van der Waals surface area contributed by atoms with E-state index in [1.807, 2.05) is 4.90 Å². The molecule has 0 aromatic carbocycles. The van der Waals surface area contributed by atoms with Crippen molar-refractivity contribution in [2.45, 2.75) is 12.8 Å². The van der Waals surface area contributed by atoms with E-state index in [1.165, 1.54) is 29.9 Å². The van der Waals surface area contributed by atoms with Gasteiger partial charge in [-0.3, -0.25) is 14.6 Å². The minimum atomic E-state index is -0.364. The third-order valence-corrected chi connectivity index (χ3v) is 4.20. The summed E-state index contributed by atoms with van der Waals surface area (Å²) in [6.07, 6.45) is 6.43. The molecule has 0 atom stereocenters. The fourth-order valence-corrected chi connectivity index (χ4v) is 3.06. The molecule has 0 bridgehead atoms. The molecule has 0 aliphatic carbocycles. The molecule has 0 radical (unpaired) electrons. The van der Waals surface area contributed by atoms with Crippen LogP contribution in [0.25, 0.3) is 0 Å². The Morgan fingerprint density at radius 2 is 2.05 bits per heavy atom. The van der Waals surface area contributed by atoms with Gasteiger partial charge in [0.1, 0.15) is 10.6 Å². The third kappa shape index (κ3) is 2.92. The normalized spacial score (nSPS) is 14.2. The maximum Gasteiger partial charge on any atom is 0.275 e. The van der Waals surface area contributed by atoms with Gasteiger partial charge >= 0.3 is 0 Å². The molecule has 3 rings (SSSR count). The van der Waals surface area contributed by atoms with Crippen LogP contribution in [-0.4, -0.2) is 39.8 Å². The number of rotatable bonds is 3. The predicted octanol–water partition coefficient (Wildman–Crippen LogP) is 2.03. The van der Waals surface area contributed by atoms with Gasteiger partial charge in [0.15, 0.2) is 0 Å². The Hall–Kier alpha value is -2.28. The van der Waals surface area contributed by atoms with Crippen LogP contribution >= 0.6 is 11.3 Å². The number of thiophene rings is 1. The number of carbonyl (C=O) groups is 2. The monoisotopic (exact) mass is 302 g/mol. The van der Waals surface area contributed by atoms with Gasteiger partial charge in [-0.25, -0.2) is 4.98 Å². The molecule has 1 fully saturated rings. The van der Waals surface area contributed by atoms with Gasteiger partial charge in [-0.05, 0) is 24.3 Å². The van der Waals surface area contributed by atoms with E-state index in [-0.39, 0.29) is 17.5 Å². The number of nitrogens with zero attached hydrogens (tertiary/aromatic N) is 3. The Kier molecular flexibility index (Phi) is 3.92. The molecule has 2 aromatic rings. The quantitative estimate of drug-likeness (QED) is 0.941. The highest BCUT2D eigenvalue weighted by Gasteiger charge is 2.23. The summed E-state index contributed by atoms with van der Waals surface area (Å²) in [4.78, 5) is 34.7. The molecule has 1 aliphatic rings. The number of hydrogen-bond acceptors (Lipinski definition) is 5. The van der Waals surface area contributed by atoms with Crippen LogP contribution in [0.5, 0.6) is 0 Å². The van der Waals surface area contributed by atoms with Crippen molar-refractivity contribution in [3.63, 3.8) is 0 Å². The second-order valence-electron chi connectivity index (χ2n) is 4.71.